The Kier molecular flexibility index (Phi) is 7.76. The van der Waals surface area contributed by atoms with Crippen molar-refractivity contribution in [2.75, 3.05) is 5.32 Å². The molecule has 0 heterocycles. The molecule has 2 amide bonds. The van der Waals surface area contributed by atoms with E-state index in [2.05, 4.69) is 10.6 Å². The highest BCUT2D eigenvalue weighted by atomic mass is 35.5. The van der Waals surface area contributed by atoms with Gasteiger partial charge in [-0.15, -0.1) is 12.4 Å². The van der Waals surface area contributed by atoms with Crippen LogP contribution < -0.4 is 16.4 Å². The van der Waals surface area contributed by atoms with Gasteiger partial charge < -0.3 is 16.4 Å². The number of carbonyl (C=O) groups is 2. The number of benzene rings is 2. The zero-order valence-electron chi connectivity index (χ0n) is 16.4. The van der Waals surface area contributed by atoms with Gasteiger partial charge in [0.25, 0.3) is 5.91 Å². The zero-order valence-corrected chi connectivity index (χ0v) is 17.2. The maximum Gasteiger partial charge on any atom is 0.255 e. The van der Waals surface area contributed by atoms with E-state index in [0.29, 0.717) is 17.8 Å². The van der Waals surface area contributed by atoms with Crippen LogP contribution in [-0.4, -0.2) is 17.4 Å². The second-order valence-corrected chi connectivity index (χ2v) is 7.68. The highest BCUT2D eigenvalue weighted by molar-refractivity contribution is 6.04. The summed E-state index contributed by atoms with van der Waals surface area (Å²) in [7, 11) is 0. The fourth-order valence-corrected chi connectivity index (χ4v) is 3.66. The first-order valence-electron chi connectivity index (χ1n) is 9.57. The summed E-state index contributed by atoms with van der Waals surface area (Å²) in [6.07, 6.45) is 3.75. The quantitative estimate of drug-likeness (QED) is 0.684. The lowest BCUT2D eigenvalue weighted by atomic mass is 9.74. The molecule has 2 aromatic carbocycles. The Bertz CT molecular complexity index is 855. The molecule has 0 spiro atoms. The topological polar surface area (TPSA) is 84.2 Å². The van der Waals surface area contributed by atoms with Gasteiger partial charge in [0.15, 0.2) is 0 Å². The van der Waals surface area contributed by atoms with Crippen LogP contribution in [0.25, 0.3) is 0 Å². The molecule has 156 valence electrons. The Balaban J connectivity index is 0.00000300. The predicted molar refractivity (Wildman–Crippen MR) is 114 cm³/mol. The lowest BCUT2D eigenvalue weighted by molar-refractivity contribution is -0.128. The molecule has 7 heteroatoms. The van der Waals surface area contributed by atoms with Gasteiger partial charge in [-0.3, -0.25) is 9.59 Å². The number of rotatable bonds is 5. The van der Waals surface area contributed by atoms with Crippen molar-refractivity contribution in [3.05, 3.63) is 65.5 Å². The minimum Gasteiger partial charge on any atom is -0.352 e. The van der Waals surface area contributed by atoms with Crippen molar-refractivity contribution in [2.24, 2.45) is 11.7 Å². The Hall–Kier alpha value is -2.44. The number of hydrogen-bond acceptors (Lipinski definition) is 3. The molecule has 0 radical (unpaired) electrons. The molecule has 5 nitrogen and oxygen atoms in total. The fraction of sp³-hybridized carbons (Fsp3) is 0.364. The second kappa shape index (κ2) is 9.85. The van der Waals surface area contributed by atoms with Gasteiger partial charge in [-0.1, -0.05) is 25.0 Å². The number of hydrogen-bond donors (Lipinski definition) is 3. The second-order valence-electron chi connectivity index (χ2n) is 7.68. The van der Waals surface area contributed by atoms with Crippen LogP contribution in [0.2, 0.25) is 0 Å². The molecular formula is C22H27ClFN3O2. The van der Waals surface area contributed by atoms with Crippen molar-refractivity contribution in [1.29, 1.82) is 0 Å². The Morgan fingerprint density at radius 3 is 2.59 bits per heavy atom. The van der Waals surface area contributed by atoms with Crippen molar-refractivity contribution >= 4 is 29.9 Å². The summed E-state index contributed by atoms with van der Waals surface area (Å²) < 4.78 is 13.0. The maximum absolute atomic E-state index is 13.0. The SMILES string of the molecule is CC1(N)CCCCC1C(=O)NCc1cccc(NC(=O)c2ccc(F)cc2)c1.Cl. The minimum absolute atomic E-state index is 0. The summed E-state index contributed by atoms with van der Waals surface area (Å²) in [5.74, 6) is -0.906. The summed E-state index contributed by atoms with van der Waals surface area (Å²) in [5, 5.41) is 5.76. The van der Waals surface area contributed by atoms with Crippen molar-refractivity contribution in [1.82, 2.24) is 5.32 Å². The Morgan fingerprint density at radius 2 is 1.90 bits per heavy atom. The van der Waals surface area contributed by atoms with Gasteiger partial charge in [-0.2, -0.15) is 0 Å². The average Bonchev–Trinajstić information content (AvgIpc) is 2.66. The van der Waals surface area contributed by atoms with E-state index in [9.17, 15) is 14.0 Å². The van der Waals surface area contributed by atoms with Gasteiger partial charge >= 0.3 is 0 Å². The van der Waals surface area contributed by atoms with Gasteiger partial charge in [0.05, 0.1) is 5.92 Å². The number of nitrogens with one attached hydrogen (secondary N) is 2. The molecule has 29 heavy (non-hydrogen) atoms. The number of anilines is 1. The lowest BCUT2D eigenvalue weighted by Crippen LogP contribution is -2.52. The summed E-state index contributed by atoms with van der Waals surface area (Å²) in [5.41, 5.74) is 7.70. The Labute approximate surface area is 176 Å². The van der Waals surface area contributed by atoms with E-state index < -0.39 is 5.54 Å². The van der Waals surface area contributed by atoms with Crippen molar-refractivity contribution in [3.8, 4) is 0 Å². The molecule has 1 saturated carbocycles. The van der Waals surface area contributed by atoms with Crippen LogP contribution in [0, 0.1) is 11.7 Å². The number of halogens is 2. The van der Waals surface area contributed by atoms with Crippen LogP contribution in [-0.2, 0) is 11.3 Å². The molecule has 1 aliphatic rings. The van der Waals surface area contributed by atoms with Crippen LogP contribution in [0.5, 0.6) is 0 Å². The van der Waals surface area contributed by atoms with Crippen molar-refractivity contribution in [2.45, 2.75) is 44.7 Å². The minimum atomic E-state index is -0.465. The first-order valence-corrected chi connectivity index (χ1v) is 9.57. The average molecular weight is 420 g/mol. The number of carbonyl (C=O) groups excluding carboxylic acids is 2. The van der Waals surface area contributed by atoms with Crippen LogP contribution in [0.4, 0.5) is 10.1 Å². The highest BCUT2D eigenvalue weighted by Gasteiger charge is 2.37. The van der Waals surface area contributed by atoms with E-state index in [4.69, 9.17) is 5.73 Å². The molecule has 1 aliphatic carbocycles. The molecule has 2 atom stereocenters. The fourth-order valence-electron chi connectivity index (χ4n) is 3.66. The third kappa shape index (κ3) is 6.02. The van der Waals surface area contributed by atoms with E-state index in [0.717, 1.165) is 31.2 Å². The normalized spacial score (nSPS) is 21.0. The van der Waals surface area contributed by atoms with Gasteiger partial charge in [-0.05, 0) is 61.7 Å². The van der Waals surface area contributed by atoms with E-state index in [1.54, 1.807) is 6.07 Å². The Morgan fingerprint density at radius 1 is 1.17 bits per heavy atom. The number of amides is 2. The molecule has 0 saturated heterocycles. The van der Waals surface area contributed by atoms with E-state index in [1.807, 2.05) is 25.1 Å². The maximum atomic E-state index is 13.0. The van der Waals surface area contributed by atoms with E-state index in [1.165, 1.54) is 24.3 Å². The van der Waals surface area contributed by atoms with Crippen LogP contribution in [0.15, 0.2) is 48.5 Å². The first-order chi connectivity index (χ1) is 13.3. The summed E-state index contributed by atoms with van der Waals surface area (Å²) in [6, 6.07) is 12.6. The highest BCUT2D eigenvalue weighted by Crippen LogP contribution is 2.31. The molecule has 2 aromatic rings. The lowest BCUT2D eigenvalue weighted by Gasteiger charge is -2.37. The van der Waals surface area contributed by atoms with E-state index >= 15 is 0 Å². The molecule has 0 aromatic heterocycles. The van der Waals surface area contributed by atoms with Crippen LogP contribution in [0.1, 0.15) is 48.5 Å². The van der Waals surface area contributed by atoms with Gasteiger partial charge in [-0.25, -0.2) is 4.39 Å². The largest absolute Gasteiger partial charge is 0.352 e. The smallest absolute Gasteiger partial charge is 0.255 e. The molecule has 2 unspecified atom stereocenters. The summed E-state index contributed by atoms with van der Waals surface area (Å²) in [6.45, 7) is 2.31. The van der Waals surface area contributed by atoms with Gasteiger partial charge in [0.1, 0.15) is 5.82 Å². The molecule has 3 rings (SSSR count). The molecule has 0 aliphatic heterocycles. The monoisotopic (exact) mass is 419 g/mol. The third-order valence-electron chi connectivity index (χ3n) is 5.33. The first kappa shape index (κ1) is 22.8. The van der Waals surface area contributed by atoms with Gasteiger partial charge in [0.2, 0.25) is 5.91 Å². The molecule has 0 bridgehead atoms. The molecule has 1 fully saturated rings. The standard InChI is InChI=1S/C22H26FN3O2.ClH/c1-22(24)12-3-2-7-19(22)21(28)25-14-15-5-4-6-18(13-15)26-20(27)16-8-10-17(23)11-9-16;/h4-6,8-11,13,19H,2-3,7,12,14,24H2,1H3,(H,25,28)(H,26,27);1H. The zero-order chi connectivity index (χ0) is 20.1. The van der Waals surface area contributed by atoms with Crippen LogP contribution in [0.3, 0.4) is 0 Å². The number of nitrogens with two attached hydrogens (primary N) is 1. The predicted octanol–water partition coefficient (Wildman–Crippen LogP) is 4.02. The summed E-state index contributed by atoms with van der Waals surface area (Å²) >= 11 is 0. The molecular weight excluding hydrogens is 393 g/mol. The van der Waals surface area contributed by atoms with Gasteiger partial charge in [0, 0.05) is 23.3 Å². The third-order valence-corrected chi connectivity index (χ3v) is 5.33. The molecule has 4 N–H and O–H groups in total. The van der Waals surface area contributed by atoms with Crippen molar-refractivity contribution < 1.29 is 14.0 Å². The van der Waals surface area contributed by atoms with E-state index in [-0.39, 0.29) is 36.0 Å². The summed E-state index contributed by atoms with van der Waals surface area (Å²) in [4.78, 5) is 24.8. The van der Waals surface area contributed by atoms with Crippen molar-refractivity contribution in [3.63, 3.8) is 0 Å². The van der Waals surface area contributed by atoms with Crippen LogP contribution >= 0.6 is 12.4 Å².